The second-order valence-corrected chi connectivity index (χ2v) is 3.42. The van der Waals surface area contributed by atoms with Crippen LogP contribution in [0.4, 0.5) is 0 Å². The summed E-state index contributed by atoms with van der Waals surface area (Å²) in [6, 6.07) is -0.470. The normalized spacial score (nSPS) is 12.5. The third-order valence-corrected chi connectivity index (χ3v) is 2.32. The Kier molecular flexibility index (Phi) is 6.70. The standard InChI is InChI=1S/C10H19NO4/c1-4-8(10(13)14)11(2)7-5-6-9(12)15-3/h8H,4-7H2,1-3H3,(H,13,14). The Morgan fingerprint density at radius 1 is 1.47 bits per heavy atom. The number of ether oxygens (including phenoxy) is 1. The number of hydrogen-bond donors (Lipinski definition) is 1. The van der Waals surface area contributed by atoms with Gasteiger partial charge in [-0.05, 0) is 26.4 Å². The highest BCUT2D eigenvalue weighted by Crippen LogP contribution is 2.04. The van der Waals surface area contributed by atoms with Crippen molar-refractivity contribution >= 4 is 11.9 Å². The van der Waals surface area contributed by atoms with Crippen LogP contribution in [0.2, 0.25) is 0 Å². The van der Waals surface area contributed by atoms with E-state index >= 15 is 0 Å². The van der Waals surface area contributed by atoms with E-state index in [-0.39, 0.29) is 5.97 Å². The minimum absolute atomic E-state index is 0.258. The highest BCUT2D eigenvalue weighted by molar-refractivity contribution is 5.73. The van der Waals surface area contributed by atoms with E-state index < -0.39 is 12.0 Å². The summed E-state index contributed by atoms with van der Waals surface area (Å²) in [6.45, 7) is 2.41. The summed E-state index contributed by atoms with van der Waals surface area (Å²) in [7, 11) is 3.09. The fourth-order valence-electron chi connectivity index (χ4n) is 1.41. The molecular formula is C10H19NO4. The maximum absolute atomic E-state index is 10.8. The van der Waals surface area contributed by atoms with Crippen molar-refractivity contribution in [3.8, 4) is 0 Å². The smallest absolute Gasteiger partial charge is 0.320 e. The first-order valence-corrected chi connectivity index (χ1v) is 5.02. The molecule has 0 saturated heterocycles. The van der Waals surface area contributed by atoms with E-state index in [1.807, 2.05) is 6.92 Å². The van der Waals surface area contributed by atoms with Gasteiger partial charge in [0.1, 0.15) is 6.04 Å². The van der Waals surface area contributed by atoms with Crippen molar-refractivity contribution in [2.24, 2.45) is 0 Å². The quantitative estimate of drug-likeness (QED) is 0.637. The average molecular weight is 217 g/mol. The summed E-state index contributed by atoms with van der Waals surface area (Å²) in [5.74, 6) is -1.08. The average Bonchev–Trinajstić information content (AvgIpc) is 2.17. The number of aliphatic carboxylic acids is 1. The van der Waals surface area contributed by atoms with Crippen LogP contribution in [0.15, 0.2) is 0 Å². The Bertz CT molecular complexity index is 217. The zero-order valence-corrected chi connectivity index (χ0v) is 9.52. The first kappa shape index (κ1) is 13.9. The highest BCUT2D eigenvalue weighted by Gasteiger charge is 2.19. The minimum atomic E-state index is -0.821. The number of methoxy groups -OCH3 is 1. The highest BCUT2D eigenvalue weighted by atomic mass is 16.5. The monoisotopic (exact) mass is 217 g/mol. The molecule has 0 aromatic rings. The molecule has 0 amide bonds. The number of carbonyl (C=O) groups excluding carboxylic acids is 1. The molecule has 5 heteroatoms. The van der Waals surface area contributed by atoms with Crippen molar-refractivity contribution in [1.29, 1.82) is 0 Å². The van der Waals surface area contributed by atoms with E-state index in [1.54, 1.807) is 11.9 Å². The molecule has 15 heavy (non-hydrogen) atoms. The number of hydrogen-bond acceptors (Lipinski definition) is 4. The molecule has 5 nitrogen and oxygen atoms in total. The maximum atomic E-state index is 10.8. The fraction of sp³-hybridized carbons (Fsp3) is 0.800. The summed E-state index contributed by atoms with van der Waals surface area (Å²) < 4.78 is 4.49. The molecular weight excluding hydrogens is 198 g/mol. The first-order chi connectivity index (χ1) is 7.02. The van der Waals surface area contributed by atoms with Gasteiger partial charge in [-0.2, -0.15) is 0 Å². The molecule has 0 aliphatic carbocycles. The first-order valence-electron chi connectivity index (χ1n) is 5.02. The van der Waals surface area contributed by atoms with Crippen LogP contribution >= 0.6 is 0 Å². The molecule has 0 bridgehead atoms. The zero-order valence-electron chi connectivity index (χ0n) is 9.52. The van der Waals surface area contributed by atoms with Gasteiger partial charge in [0.25, 0.3) is 0 Å². The van der Waals surface area contributed by atoms with Gasteiger partial charge in [0.05, 0.1) is 7.11 Å². The predicted molar refractivity (Wildman–Crippen MR) is 55.6 cm³/mol. The van der Waals surface area contributed by atoms with Gasteiger partial charge in [-0.25, -0.2) is 0 Å². The molecule has 0 radical (unpaired) electrons. The zero-order chi connectivity index (χ0) is 11.8. The van der Waals surface area contributed by atoms with E-state index in [1.165, 1.54) is 7.11 Å². The Balaban J connectivity index is 3.86. The lowest BCUT2D eigenvalue weighted by molar-refractivity contribution is -0.142. The van der Waals surface area contributed by atoms with Gasteiger partial charge in [0.15, 0.2) is 0 Å². The van der Waals surface area contributed by atoms with Crippen molar-refractivity contribution in [2.45, 2.75) is 32.2 Å². The minimum Gasteiger partial charge on any atom is -0.480 e. The summed E-state index contributed by atoms with van der Waals surface area (Å²) in [5, 5.41) is 8.87. The predicted octanol–water partition coefficient (Wildman–Crippen LogP) is 0.735. The van der Waals surface area contributed by atoms with Gasteiger partial charge in [-0.15, -0.1) is 0 Å². The van der Waals surface area contributed by atoms with Crippen molar-refractivity contribution in [3.63, 3.8) is 0 Å². The molecule has 0 aliphatic heterocycles. The third kappa shape index (κ3) is 5.37. The molecule has 88 valence electrons. The third-order valence-electron chi connectivity index (χ3n) is 2.32. The van der Waals surface area contributed by atoms with Crippen LogP contribution < -0.4 is 0 Å². The molecule has 0 heterocycles. The summed E-state index contributed by atoms with van der Waals surface area (Å²) in [5.41, 5.74) is 0. The van der Waals surface area contributed by atoms with E-state index in [9.17, 15) is 9.59 Å². The lowest BCUT2D eigenvalue weighted by Gasteiger charge is -2.22. The topological polar surface area (TPSA) is 66.8 Å². The van der Waals surface area contributed by atoms with Gasteiger partial charge in [-0.3, -0.25) is 14.5 Å². The number of carbonyl (C=O) groups is 2. The Hall–Kier alpha value is -1.10. The number of rotatable bonds is 7. The molecule has 0 fully saturated rings. The SMILES string of the molecule is CCC(C(=O)O)N(C)CCCC(=O)OC. The van der Waals surface area contributed by atoms with Crippen LogP contribution in [0.1, 0.15) is 26.2 Å². The largest absolute Gasteiger partial charge is 0.480 e. The number of carboxylic acid groups (broad SMARTS) is 1. The van der Waals surface area contributed by atoms with Crippen LogP contribution in [0.25, 0.3) is 0 Å². The second-order valence-electron chi connectivity index (χ2n) is 3.42. The van der Waals surface area contributed by atoms with Gasteiger partial charge in [-0.1, -0.05) is 6.92 Å². The van der Waals surface area contributed by atoms with E-state index in [2.05, 4.69) is 4.74 Å². The molecule has 1 unspecified atom stereocenters. The van der Waals surface area contributed by atoms with E-state index in [0.717, 1.165) is 0 Å². The van der Waals surface area contributed by atoms with Crippen molar-refractivity contribution in [2.75, 3.05) is 20.7 Å². The molecule has 0 aromatic carbocycles. The number of esters is 1. The van der Waals surface area contributed by atoms with Crippen LogP contribution in [-0.2, 0) is 14.3 Å². The molecule has 0 saturated carbocycles. The summed E-state index contributed by atoms with van der Waals surface area (Å²) >= 11 is 0. The van der Waals surface area contributed by atoms with Crippen LogP contribution in [0.3, 0.4) is 0 Å². The Labute approximate surface area is 90.0 Å². The van der Waals surface area contributed by atoms with Crippen LogP contribution in [0, 0.1) is 0 Å². The summed E-state index contributed by atoms with van der Waals surface area (Å²) in [6.07, 6.45) is 1.51. The van der Waals surface area contributed by atoms with Gasteiger partial charge in [0, 0.05) is 6.42 Å². The van der Waals surface area contributed by atoms with Crippen LogP contribution in [-0.4, -0.2) is 48.7 Å². The van der Waals surface area contributed by atoms with Gasteiger partial charge < -0.3 is 9.84 Å². The van der Waals surface area contributed by atoms with Crippen LogP contribution in [0.5, 0.6) is 0 Å². The van der Waals surface area contributed by atoms with E-state index in [0.29, 0.717) is 25.8 Å². The van der Waals surface area contributed by atoms with Gasteiger partial charge in [0.2, 0.25) is 0 Å². The molecule has 0 spiro atoms. The lowest BCUT2D eigenvalue weighted by atomic mass is 10.2. The Morgan fingerprint density at radius 2 is 2.07 bits per heavy atom. The van der Waals surface area contributed by atoms with Crippen molar-refractivity contribution < 1.29 is 19.4 Å². The lowest BCUT2D eigenvalue weighted by Crippen LogP contribution is -2.38. The Morgan fingerprint density at radius 3 is 2.47 bits per heavy atom. The molecule has 0 rings (SSSR count). The molecule has 0 aliphatic rings. The fourth-order valence-corrected chi connectivity index (χ4v) is 1.41. The maximum Gasteiger partial charge on any atom is 0.320 e. The number of carboxylic acids is 1. The van der Waals surface area contributed by atoms with Gasteiger partial charge >= 0.3 is 11.9 Å². The molecule has 0 aromatic heterocycles. The van der Waals surface area contributed by atoms with Crippen molar-refractivity contribution in [3.05, 3.63) is 0 Å². The van der Waals surface area contributed by atoms with Crippen molar-refractivity contribution in [1.82, 2.24) is 4.90 Å². The second kappa shape index (κ2) is 7.23. The molecule has 1 N–H and O–H groups in total. The molecule has 1 atom stereocenters. The number of likely N-dealkylation sites (N-methyl/N-ethyl adjacent to an activating group) is 1. The number of nitrogens with zero attached hydrogens (tertiary/aromatic N) is 1. The van der Waals surface area contributed by atoms with E-state index in [4.69, 9.17) is 5.11 Å². The summed E-state index contributed by atoms with van der Waals surface area (Å²) in [4.78, 5) is 23.3.